The van der Waals surface area contributed by atoms with Crippen LogP contribution in [-0.4, -0.2) is 25.2 Å². The maximum absolute atomic E-state index is 11.0. The predicted molar refractivity (Wildman–Crippen MR) is 69.0 cm³/mol. The highest BCUT2D eigenvalue weighted by Crippen LogP contribution is 2.26. The van der Waals surface area contributed by atoms with Gasteiger partial charge in [-0.3, -0.25) is 4.79 Å². The van der Waals surface area contributed by atoms with Gasteiger partial charge in [0.1, 0.15) is 6.61 Å². The molecule has 0 unspecified atom stereocenters. The van der Waals surface area contributed by atoms with Crippen molar-refractivity contribution in [3.8, 4) is 11.5 Å². The topological polar surface area (TPSA) is 61.8 Å². The largest absolute Gasteiger partial charge is 0.486 e. The number of esters is 2. The molecule has 1 rings (SSSR count). The van der Waals surface area contributed by atoms with Gasteiger partial charge in [0.15, 0.2) is 11.5 Å². The molecule has 0 fully saturated rings. The number of hydrogen-bond donors (Lipinski definition) is 0. The van der Waals surface area contributed by atoms with Gasteiger partial charge < -0.3 is 14.2 Å². The maximum Gasteiger partial charge on any atom is 0.330 e. The molecule has 0 aromatic heterocycles. The molecule has 0 N–H and O–H groups in total. The number of para-hydroxylation sites is 2. The molecule has 5 heteroatoms. The second kappa shape index (κ2) is 7.92. The Labute approximate surface area is 111 Å². The van der Waals surface area contributed by atoms with E-state index in [9.17, 15) is 9.59 Å². The summed E-state index contributed by atoms with van der Waals surface area (Å²) in [6.45, 7) is 3.56. The van der Waals surface area contributed by atoms with Crippen LogP contribution in [-0.2, 0) is 14.3 Å². The summed E-state index contributed by atoms with van der Waals surface area (Å²) in [5, 5.41) is 0. The zero-order valence-electron chi connectivity index (χ0n) is 10.9. The van der Waals surface area contributed by atoms with Gasteiger partial charge in [0.2, 0.25) is 0 Å². The summed E-state index contributed by atoms with van der Waals surface area (Å²) in [6, 6.07) is 6.80. The molecule has 0 bridgehead atoms. The zero-order valence-corrected chi connectivity index (χ0v) is 10.9. The lowest BCUT2D eigenvalue weighted by Crippen LogP contribution is -2.04. The lowest BCUT2D eigenvalue weighted by molar-refractivity contribution is -0.137. The third-order valence-corrected chi connectivity index (χ3v) is 1.98. The van der Waals surface area contributed by atoms with Gasteiger partial charge in [0.25, 0.3) is 0 Å². The van der Waals surface area contributed by atoms with Gasteiger partial charge in [0, 0.05) is 13.0 Å². The first-order valence-electron chi connectivity index (χ1n) is 5.87. The summed E-state index contributed by atoms with van der Waals surface area (Å²) in [6.07, 6.45) is 2.82. The van der Waals surface area contributed by atoms with Crippen LogP contribution in [0.25, 0.3) is 0 Å². The Kier molecular flexibility index (Phi) is 6.15. The molecule has 0 radical (unpaired) electrons. The van der Waals surface area contributed by atoms with Crippen molar-refractivity contribution in [3.05, 3.63) is 36.4 Å². The Morgan fingerprint density at radius 1 is 1.21 bits per heavy atom. The molecule has 0 aliphatic carbocycles. The van der Waals surface area contributed by atoms with Gasteiger partial charge in [-0.1, -0.05) is 12.1 Å². The fourth-order valence-electron chi connectivity index (χ4n) is 1.28. The molecular weight excluding hydrogens is 248 g/mol. The molecule has 0 amide bonds. The predicted octanol–water partition coefficient (Wildman–Crippen LogP) is 2.11. The van der Waals surface area contributed by atoms with E-state index in [1.165, 1.54) is 19.1 Å². The van der Waals surface area contributed by atoms with E-state index in [-0.39, 0.29) is 6.61 Å². The highest BCUT2D eigenvalue weighted by atomic mass is 16.6. The van der Waals surface area contributed by atoms with Crippen LogP contribution in [0.3, 0.4) is 0 Å². The first-order valence-corrected chi connectivity index (χ1v) is 5.87. The Bertz CT molecular complexity index is 465. The van der Waals surface area contributed by atoms with E-state index in [0.717, 1.165) is 0 Å². The quantitative estimate of drug-likeness (QED) is 0.447. The molecule has 1 aromatic rings. The first kappa shape index (κ1) is 14.8. The number of benzene rings is 1. The SMILES string of the molecule is CCOC(=O)/C=C/COc1ccccc1OC(C)=O. The summed E-state index contributed by atoms with van der Waals surface area (Å²) in [4.78, 5) is 21.9. The van der Waals surface area contributed by atoms with Crippen LogP contribution in [0.1, 0.15) is 13.8 Å². The number of hydrogen-bond acceptors (Lipinski definition) is 5. The van der Waals surface area contributed by atoms with E-state index < -0.39 is 11.9 Å². The lowest BCUT2D eigenvalue weighted by atomic mass is 10.3. The average Bonchev–Trinajstić information content (AvgIpc) is 2.36. The molecule has 19 heavy (non-hydrogen) atoms. The molecule has 5 nitrogen and oxygen atoms in total. The van der Waals surface area contributed by atoms with Crippen molar-refractivity contribution >= 4 is 11.9 Å². The summed E-state index contributed by atoms with van der Waals surface area (Å²) in [7, 11) is 0. The molecule has 0 atom stereocenters. The van der Waals surface area contributed by atoms with Crippen LogP contribution in [0.15, 0.2) is 36.4 Å². The molecule has 0 saturated carbocycles. The second-order valence-corrected chi connectivity index (χ2v) is 3.51. The average molecular weight is 264 g/mol. The van der Waals surface area contributed by atoms with E-state index >= 15 is 0 Å². The van der Waals surface area contributed by atoms with E-state index in [2.05, 4.69) is 0 Å². The van der Waals surface area contributed by atoms with Gasteiger partial charge in [0.05, 0.1) is 6.61 Å². The minimum atomic E-state index is -0.418. The molecular formula is C14H16O5. The van der Waals surface area contributed by atoms with Crippen LogP contribution < -0.4 is 9.47 Å². The van der Waals surface area contributed by atoms with Gasteiger partial charge >= 0.3 is 11.9 Å². The van der Waals surface area contributed by atoms with Crippen LogP contribution in [0.4, 0.5) is 0 Å². The van der Waals surface area contributed by atoms with Crippen molar-refractivity contribution < 1.29 is 23.8 Å². The number of rotatable bonds is 6. The second-order valence-electron chi connectivity index (χ2n) is 3.51. The summed E-state index contributed by atoms with van der Waals surface area (Å²) in [5.41, 5.74) is 0. The summed E-state index contributed by atoms with van der Waals surface area (Å²) >= 11 is 0. The van der Waals surface area contributed by atoms with Crippen molar-refractivity contribution in [1.29, 1.82) is 0 Å². The molecule has 0 heterocycles. The Hall–Kier alpha value is -2.30. The van der Waals surface area contributed by atoms with E-state index in [0.29, 0.717) is 18.1 Å². The molecule has 0 spiro atoms. The molecule has 0 saturated heterocycles. The van der Waals surface area contributed by atoms with Gasteiger partial charge in [-0.2, -0.15) is 0 Å². The van der Waals surface area contributed by atoms with Gasteiger partial charge in [-0.15, -0.1) is 0 Å². The van der Waals surface area contributed by atoms with E-state index in [4.69, 9.17) is 14.2 Å². The minimum Gasteiger partial charge on any atom is -0.486 e. The highest BCUT2D eigenvalue weighted by molar-refractivity contribution is 5.81. The molecule has 0 aliphatic heterocycles. The lowest BCUT2D eigenvalue weighted by Gasteiger charge is -2.08. The molecule has 0 aliphatic rings. The first-order chi connectivity index (χ1) is 9.13. The Morgan fingerprint density at radius 2 is 1.89 bits per heavy atom. The number of carbonyl (C=O) groups excluding carboxylic acids is 2. The highest BCUT2D eigenvalue weighted by Gasteiger charge is 2.05. The third-order valence-electron chi connectivity index (χ3n) is 1.98. The van der Waals surface area contributed by atoms with Crippen LogP contribution >= 0.6 is 0 Å². The Morgan fingerprint density at radius 3 is 2.53 bits per heavy atom. The fourth-order valence-corrected chi connectivity index (χ4v) is 1.28. The van der Waals surface area contributed by atoms with E-state index in [1.54, 1.807) is 31.2 Å². The van der Waals surface area contributed by atoms with Crippen LogP contribution in [0.2, 0.25) is 0 Å². The fraction of sp³-hybridized carbons (Fsp3) is 0.286. The maximum atomic E-state index is 11.0. The van der Waals surface area contributed by atoms with Crippen molar-refractivity contribution in [1.82, 2.24) is 0 Å². The third kappa shape index (κ3) is 5.72. The minimum absolute atomic E-state index is 0.178. The van der Waals surface area contributed by atoms with Crippen molar-refractivity contribution in [2.24, 2.45) is 0 Å². The van der Waals surface area contributed by atoms with Crippen molar-refractivity contribution in [2.75, 3.05) is 13.2 Å². The summed E-state index contributed by atoms with van der Waals surface area (Å²) in [5.74, 6) is -0.0526. The van der Waals surface area contributed by atoms with Crippen LogP contribution in [0, 0.1) is 0 Å². The van der Waals surface area contributed by atoms with E-state index in [1.807, 2.05) is 0 Å². The summed E-state index contributed by atoms with van der Waals surface area (Å²) < 4.78 is 15.1. The van der Waals surface area contributed by atoms with Gasteiger partial charge in [-0.25, -0.2) is 4.79 Å². The molecule has 1 aromatic carbocycles. The van der Waals surface area contributed by atoms with Gasteiger partial charge in [-0.05, 0) is 25.1 Å². The Balaban J connectivity index is 2.53. The monoisotopic (exact) mass is 264 g/mol. The molecule has 102 valence electrons. The smallest absolute Gasteiger partial charge is 0.330 e. The van der Waals surface area contributed by atoms with Crippen molar-refractivity contribution in [2.45, 2.75) is 13.8 Å². The normalized spacial score (nSPS) is 10.2. The van der Waals surface area contributed by atoms with Crippen LogP contribution in [0.5, 0.6) is 11.5 Å². The number of ether oxygens (including phenoxy) is 3. The zero-order chi connectivity index (χ0) is 14.1. The van der Waals surface area contributed by atoms with Crippen molar-refractivity contribution in [3.63, 3.8) is 0 Å². The standard InChI is InChI=1S/C14H16O5/c1-3-17-14(16)9-6-10-18-12-7-4-5-8-13(12)19-11(2)15/h4-9H,3,10H2,1-2H3/b9-6+. The number of carbonyl (C=O) groups is 2.